The molecule has 0 fully saturated rings. The third-order valence-corrected chi connectivity index (χ3v) is 8.55. The smallest absolute Gasteiger partial charge is 0.0517 e. The predicted molar refractivity (Wildman–Crippen MR) is 162 cm³/mol. The fourth-order valence-electron chi connectivity index (χ4n) is 6.32. The summed E-state index contributed by atoms with van der Waals surface area (Å²) in [6, 6.07) is 35.4. The quantitative estimate of drug-likeness (QED) is 0.285. The van der Waals surface area contributed by atoms with E-state index in [0.29, 0.717) is 0 Å². The zero-order valence-electron chi connectivity index (χ0n) is 22.4. The number of benzene rings is 4. The fraction of sp³-hybridized carbons (Fsp3) is 0.222. The highest BCUT2D eigenvalue weighted by molar-refractivity contribution is 6.30. The molecule has 0 radical (unpaired) electrons. The Morgan fingerprint density at radius 3 is 2.16 bits per heavy atom. The van der Waals surface area contributed by atoms with Gasteiger partial charge in [-0.25, -0.2) is 0 Å². The Balaban J connectivity index is 1.53. The van der Waals surface area contributed by atoms with E-state index in [1.807, 2.05) is 6.07 Å². The Hall–Kier alpha value is -3.55. The molecule has 1 aliphatic carbocycles. The summed E-state index contributed by atoms with van der Waals surface area (Å²) in [7, 11) is 0. The number of halogens is 1. The minimum atomic E-state index is -0.114. The van der Waals surface area contributed by atoms with E-state index in [2.05, 4.69) is 123 Å². The van der Waals surface area contributed by atoms with Gasteiger partial charge in [-0.2, -0.15) is 0 Å². The van der Waals surface area contributed by atoms with Crippen LogP contribution in [0.2, 0.25) is 5.02 Å². The molecule has 1 heterocycles. The van der Waals surface area contributed by atoms with Crippen LogP contribution in [-0.2, 0) is 5.41 Å². The lowest BCUT2D eigenvalue weighted by molar-refractivity contribution is 0.583. The van der Waals surface area contributed by atoms with Crippen molar-refractivity contribution in [1.29, 1.82) is 0 Å². The van der Waals surface area contributed by atoms with E-state index in [1.54, 1.807) is 0 Å². The first-order valence-corrected chi connectivity index (χ1v) is 14.1. The van der Waals surface area contributed by atoms with Crippen molar-refractivity contribution in [3.8, 4) is 11.1 Å². The minimum absolute atomic E-state index is 0.114. The molecule has 0 saturated heterocycles. The summed E-state index contributed by atoms with van der Waals surface area (Å²) in [6.07, 6.45) is 5.48. The highest BCUT2D eigenvalue weighted by Crippen LogP contribution is 2.50. The number of fused-ring (bicyclic) bond motifs is 3. The molecule has 1 nitrogen and oxygen atoms in total. The molecule has 4 aromatic rings. The van der Waals surface area contributed by atoms with E-state index in [0.717, 1.165) is 24.3 Å². The third kappa shape index (κ3) is 4.29. The summed E-state index contributed by atoms with van der Waals surface area (Å²) < 4.78 is 0. The first-order valence-electron chi connectivity index (χ1n) is 13.7. The monoisotopic (exact) mass is 515 g/mol. The lowest BCUT2D eigenvalue weighted by atomic mass is 9.81. The second kappa shape index (κ2) is 9.97. The van der Waals surface area contributed by atoms with E-state index < -0.39 is 0 Å². The predicted octanol–water partition coefficient (Wildman–Crippen LogP) is 9.98. The maximum atomic E-state index is 6.44. The van der Waals surface area contributed by atoms with Gasteiger partial charge in [0.1, 0.15) is 0 Å². The summed E-state index contributed by atoms with van der Waals surface area (Å²) >= 11 is 6.44. The number of hydrogen-bond donors (Lipinski definition) is 1. The summed E-state index contributed by atoms with van der Waals surface area (Å²) in [4.78, 5) is 0. The number of hydrogen-bond acceptors (Lipinski definition) is 1. The van der Waals surface area contributed by atoms with Crippen molar-refractivity contribution in [1.82, 2.24) is 5.32 Å². The second-order valence-electron chi connectivity index (χ2n) is 11.0. The molecule has 38 heavy (non-hydrogen) atoms. The maximum Gasteiger partial charge on any atom is 0.0517 e. The summed E-state index contributed by atoms with van der Waals surface area (Å²) in [6.45, 7) is 6.92. The van der Waals surface area contributed by atoms with Crippen LogP contribution in [0.25, 0.3) is 22.4 Å². The Bertz CT molecular complexity index is 1540. The van der Waals surface area contributed by atoms with Gasteiger partial charge in [-0.15, -0.1) is 0 Å². The van der Waals surface area contributed by atoms with Gasteiger partial charge >= 0.3 is 0 Å². The summed E-state index contributed by atoms with van der Waals surface area (Å²) in [5.74, 6) is 0. The molecular formula is C36H34ClN. The highest BCUT2D eigenvalue weighted by atomic mass is 35.5. The molecule has 1 aliphatic heterocycles. The number of rotatable bonds is 4. The lowest BCUT2D eigenvalue weighted by Crippen LogP contribution is -2.23. The molecule has 0 saturated carbocycles. The van der Waals surface area contributed by atoms with Crippen LogP contribution in [-0.4, -0.2) is 0 Å². The van der Waals surface area contributed by atoms with Gasteiger partial charge in [0, 0.05) is 16.1 Å². The van der Waals surface area contributed by atoms with Crippen molar-refractivity contribution >= 4 is 22.9 Å². The Morgan fingerprint density at radius 2 is 1.45 bits per heavy atom. The average Bonchev–Trinajstić information content (AvgIpc) is 3.15. The van der Waals surface area contributed by atoms with Gasteiger partial charge in [-0.3, -0.25) is 0 Å². The van der Waals surface area contributed by atoms with Gasteiger partial charge in [-0.1, -0.05) is 117 Å². The SMILES string of the molecule is CCC1=C(\c2ccc3c(c2)C(C)(C)c2cc(Cl)ccc2-3)NC(c2ccccc2)CC\C=C\1c1ccccc1. The summed E-state index contributed by atoms with van der Waals surface area (Å²) in [5, 5.41) is 4.85. The maximum absolute atomic E-state index is 6.44. The van der Waals surface area contributed by atoms with Crippen molar-refractivity contribution in [3.05, 3.63) is 142 Å². The largest absolute Gasteiger partial charge is 0.378 e. The number of allylic oxidation sites excluding steroid dienone is 3. The Kier molecular flexibility index (Phi) is 6.50. The van der Waals surface area contributed by atoms with E-state index in [1.165, 1.54) is 55.8 Å². The molecule has 4 aromatic carbocycles. The van der Waals surface area contributed by atoms with Gasteiger partial charge in [0.25, 0.3) is 0 Å². The van der Waals surface area contributed by atoms with Gasteiger partial charge in [0.2, 0.25) is 0 Å². The first-order chi connectivity index (χ1) is 18.5. The van der Waals surface area contributed by atoms with Crippen molar-refractivity contribution in [3.63, 3.8) is 0 Å². The molecule has 6 rings (SSSR count). The van der Waals surface area contributed by atoms with Crippen LogP contribution in [0.1, 0.15) is 73.9 Å². The van der Waals surface area contributed by atoms with E-state index >= 15 is 0 Å². The van der Waals surface area contributed by atoms with Crippen LogP contribution >= 0.6 is 11.6 Å². The summed E-state index contributed by atoms with van der Waals surface area (Å²) in [5.41, 5.74) is 13.0. The number of nitrogens with one attached hydrogen (secondary N) is 1. The molecule has 0 bridgehead atoms. The third-order valence-electron chi connectivity index (χ3n) is 8.32. The molecule has 0 aromatic heterocycles. The van der Waals surface area contributed by atoms with Gasteiger partial charge in [-0.05, 0) is 87.6 Å². The molecule has 2 heteroatoms. The zero-order chi connectivity index (χ0) is 26.3. The molecule has 0 spiro atoms. The molecule has 190 valence electrons. The second-order valence-corrected chi connectivity index (χ2v) is 11.4. The normalized spacial score (nSPS) is 21.4. The highest BCUT2D eigenvalue weighted by Gasteiger charge is 2.36. The van der Waals surface area contributed by atoms with E-state index in [4.69, 9.17) is 11.6 Å². The van der Waals surface area contributed by atoms with Crippen LogP contribution in [0.3, 0.4) is 0 Å². The van der Waals surface area contributed by atoms with Crippen molar-refractivity contribution < 1.29 is 0 Å². The molecular weight excluding hydrogens is 482 g/mol. The standard InChI is InChI=1S/C36H34ClN/c1-4-28-29(24-12-7-5-8-13-24)16-11-17-34(25-14-9-6-10-15-25)38-35(28)26-18-20-30-31-21-19-27(37)23-33(31)36(2,3)32(30)22-26/h5-10,12-16,18-23,34,38H,4,11,17H2,1-3H3/b29-16+,35-28-. The van der Waals surface area contributed by atoms with Crippen LogP contribution in [0.4, 0.5) is 0 Å². The van der Waals surface area contributed by atoms with Crippen molar-refractivity contribution in [2.45, 2.75) is 51.5 Å². The molecule has 2 aliphatic rings. The minimum Gasteiger partial charge on any atom is -0.378 e. The lowest BCUT2D eigenvalue weighted by Gasteiger charge is -2.29. The van der Waals surface area contributed by atoms with Gasteiger partial charge in [0.05, 0.1) is 6.04 Å². The van der Waals surface area contributed by atoms with Gasteiger partial charge in [0.15, 0.2) is 0 Å². The van der Waals surface area contributed by atoms with Crippen LogP contribution in [0, 0.1) is 0 Å². The molecule has 1 N–H and O–H groups in total. The average molecular weight is 516 g/mol. The fourth-order valence-corrected chi connectivity index (χ4v) is 6.49. The van der Waals surface area contributed by atoms with Crippen molar-refractivity contribution in [2.24, 2.45) is 0 Å². The first kappa shape index (κ1) is 24.8. The topological polar surface area (TPSA) is 12.0 Å². The molecule has 1 atom stereocenters. The Morgan fingerprint density at radius 1 is 0.789 bits per heavy atom. The van der Waals surface area contributed by atoms with E-state index in [9.17, 15) is 0 Å². The van der Waals surface area contributed by atoms with Crippen LogP contribution in [0.5, 0.6) is 0 Å². The van der Waals surface area contributed by atoms with Gasteiger partial charge < -0.3 is 5.32 Å². The zero-order valence-corrected chi connectivity index (χ0v) is 23.1. The van der Waals surface area contributed by atoms with E-state index in [-0.39, 0.29) is 11.5 Å². The Labute approximate surface area is 231 Å². The van der Waals surface area contributed by atoms with Crippen LogP contribution in [0.15, 0.2) is 109 Å². The molecule has 1 unspecified atom stereocenters. The molecule has 0 amide bonds. The van der Waals surface area contributed by atoms with Crippen molar-refractivity contribution in [2.75, 3.05) is 0 Å². The van der Waals surface area contributed by atoms with Crippen LogP contribution < -0.4 is 5.32 Å².